The predicted octanol–water partition coefficient (Wildman–Crippen LogP) is 4.00. The average molecular weight is 301 g/mol. The van der Waals surface area contributed by atoms with Crippen LogP contribution < -0.4 is 0 Å². The Morgan fingerprint density at radius 3 is 1.77 bits per heavy atom. The quantitative estimate of drug-likeness (QED) is 0.730. The van der Waals surface area contributed by atoms with E-state index in [-0.39, 0.29) is 23.0 Å². The zero-order valence-electron chi connectivity index (χ0n) is 12.8. The first kappa shape index (κ1) is 16.0. The molecule has 0 aliphatic rings. The summed E-state index contributed by atoms with van der Waals surface area (Å²) in [6.07, 6.45) is 1.54. The van der Waals surface area contributed by atoms with Crippen LogP contribution in [-0.4, -0.2) is 15.3 Å². The standard InChI is InChI=1S/C18H21O4/c1-11(7-13-3-5-15(19)17(21)9-13)12(2)8-14-4-6-16(20)18(22)10-14/h3-6,9-12,19,21-22H,7-8H2,1-2H3. The Morgan fingerprint density at radius 2 is 1.27 bits per heavy atom. The van der Waals surface area contributed by atoms with Crippen LogP contribution in [0.1, 0.15) is 25.0 Å². The summed E-state index contributed by atoms with van der Waals surface area (Å²) in [6, 6.07) is 9.54. The summed E-state index contributed by atoms with van der Waals surface area (Å²) in [5.74, 6) is -0.0957. The number of phenolic OH excluding ortho intramolecular Hbond substituents is 3. The average Bonchev–Trinajstić information content (AvgIpc) is 2.46. The Hall–Kier alpha value is -2.36. The van der Waals surface area contributed by atoms with Crippen LogP contribution >= 0.6 is 0 Å². The molecule has 0 aliphatic carbocycles. The van der Waals surface area contributed by atoms with Gasteiger partial charge in [-0.2, -0.15) is 0 Å². The third kappa shape index (κ3) is 3.85. The molecule has 0 heterocycles. The van der Waals surface area contributed by atoms with E-state index in [9.17, 15) is 20.4 Å². The van der Waals surface area contributed by atoms with Crippen molar-refractivity contribution in [3.63, 3.8) is 0 Å². The van der Waals surface area contributed by atoms with Crippen molar-refractivity contribution < 1.29 is 20.4 Å². The molecule has 0 fully saturated rings. The van der Waals surface area contributed by atoms with Crippen molar-refractivity contribution >= 4 is 0 Å². The molecule has 2 aromatic rings. The molecule has 117 valence electrons. The van der Waals surface area contributed by atoms with Gasteiger partial charge in [0.15, 0.2) is 17.2 Å². The lowest BCUT2D eigenvalue weighted by Crippen LogP contribution is -2.13. The van der Waals surface area contributed by atoms with Crippen LogP contribution in [0.4, 0.5) is 0 Å². The van der Waals surface area contributed by atoms with Gasteiger partial charge >= 0.3 is 0 Å². The van der Waals surface area contributed by atoms with Crippen LogP contribution in [-0.2, 0) is 17.9 Å². The third-order valence-electron chi connectivity index (χ3n) is 4.15. The van der Waals surface area contributed by atoms with E-state index in [1.807, 2.05) is 0 Å². The molecular weight excluding hydrogens is 280 g/mol. The van der Waals surface area contributed by atoms with Gasteiger partial charge in [0.25, 0.3) is 0 Å². The minimum absolute atomic E-state index is 0.103. The van der Waals surface area contributed by atoms with Gasteiger partial charge in [0, 0.05) is 0 Å². The van der Waals surface area contributed by atoms with E-state index >= 15 is 0 Å². The Kier molecular flexibility index (Phi) is 4.81. The zero-order chi connectivity index (χ0) is 16.3. The van der Waals surface area contributed by atoms with E-state index in [4.69, 9.17) is 0 Å². The topological polar surface area (TPSA) is 80.6 Å². The molecule has 2 aromatic carbocycles. The van der Waals surface area contributed by atoms with E-state index in [2.05, 4.69) is 13.8 Å². The van der Waals surface area contributed by atoms with Crippen molar-refractivity contribution in [2.75, 3.05) is 0 Å². The summed E-state index contributed by atoms with van der Waals surface area (Å²) in [4.78, 5) is 0. The van der Waals surface area contributed by atoms with Crippen molar-refractivity contribution in [2.24, 2.45) is 11.8 Å². The fraction of sp³-hybridized carbons (Fsp3) is 0.333. The zero-order valence-corrected chi connectivity index (χ0v) is 12.8. The van der Waals surface area contributed by atoms with Gasteiger partial charge < -0.3 is 15.3 Å². The lowest BCUT2D eigenvalue weighted by atomic mass is 9.85. The maximum Gasteiger partial charge on any atom is 0.220 e. The fourth-order valence-corrected chi connectivity index (χ4v) is 2.53. The number of phenols is 3. The third-order valence-corrected chi connectivity index (χ3v) is 4.15. The van der Waals surface area contributed by atoms with Gasteiger partial charge in [0.05, 0.1) is 0 Å². The second kappa shape index (κ2) is 6.60. The number of benzene rings is 2. The Balaban J connectivity index is 2.00. The maximum atomic E-state index is 11.2. The van der Waals surface area contributed by atoms with E-state index in [1.165, 1.54) is 18.2 Å². The van der Waals surface area contributed by atoms with Gasteiger partial charge in [-0.1, -0.05) is 26.0 Å². The lowest BCUT2D eigenvalue weighted by molar-refractivity contribution is 0.324. The molecule has 4 heteroatoms. The smallest absolute Gasteiger partial charge is 0.220 e. The first-order chi connectivity index (χ1) is 10.4. The van der Waals surface area contributed by atoms with E-state index in [0.29, 0.717) is 11.8 Å². The highest BCUT2D eigenvalue weighted by molar-refractivity contribution is 5.41. The van der Waals surface area contributed by atoms with Crippen molar-refractivity contribution in [1.29, 1.82) is 0 Å². The van der Waals surface area contributed by atoms with Gasteiger partial charge in [-0.25, -0.2) is 0 Å². The molecule has 0 bridgehead atoms. The van der Waals surface area contributed by atoms with Crippen LogP contribution in [0.15, 0.2) is 36.4 Å². The highest BCUT2D eigenvalue weighted by atomic mass is 16.3. The van der Waals surface area contributed by atoms with Gasteiger partial charge in [0.2, 0.25) is 5.75 Å². The first-order valence-electron chi connectivity index (χ1n) is 7.36. The van der Waals surface area contributed by atoms with Gasteiger partial charge in [-0.15, -0.1) is 0 Å². The van der Waals surface area contributed by atoms with E-state index in [0.717, 1.165) is 24.0 Å². The summed E-state index contributed by atoms with van der Waals surface area (Å²) in [5, 5.41) is 39.5. The summed E-state index contributed by atoms with van der Waals surface area (Å²) >= 11 is 0. The Labute approximate surface area is 130 Å². The SMILES string of the molecule is CC(Cc1ccc([O])c(O)c1)C(C)Cc1ccc(O)c(O)c1. The van der Waals surface area contributed by atoms with Crippen LogP contribution in [0, 0.1) is 11.8 Å². The Bertz CT molecular complexity index is 594. The van der Waals surface area contributed by atoms with Crippen LogP contribution in [0.2, 0.25) is 0 Å². The molecule has 2 rings (SSSR count). The maximum absolute atomic E-state index is 11.2. The molecule has 0 saturated carbocycles. The molecule has 2 unspecified atom stereocenters. The minimum Gasteiger partial charge on any atom is -0.504 e. The first-order valence-corrected chi connectivity index (χ1v) is 7.36. The van der Waals surface area contributed by atoms with Gasteiger partial charge in [0.1, 0.15) is 0 Å². The predicted molar refractivity (Wildman–Crippen MR) is 83.7 cm³/mol. The van der Waals surface area contributed by atoms with Crippen molar-refractivity contribution in [1.82, 2.24) is 0 Å². The van der Waals surface area contributed by atoms with Gasteiger partial charge in [-0.3, -0.25) is 5.11 Å². The summed E-state index contributed by atoms with van der Waals surface area (Å²) in [6.45, 7) is 4.24. The second-order valence-corrected chi connectivity index (χ2v) is 5.99. The normalized spacial score (nSPS) is 13.7. The molecule has 0 aromatic heterocycles. The Morgan fingerprint density at radius 1 is 0.773 bits per heavy atom. The summed E-state index contributed by atoms with van der Waals surface area (Å²) < 4.78 is 0. The molecular formula is C18H21O4. The lowest BCUT2D eigenvalue weighted by Gasteiger charge is -2.20. The highest BCUT2D eigenvalue weighted by Crippen LogP contribution is 2.30. The molecule has 2 atom stereocenters. The largest absolute Gasteiger partial charge is 0.504 e. The van der Waals surface area contributed by atoms with Crippen molar-refractivity contribution in [2.45, 2.75) is 26.7 Å². The van der Waals surface area contributed by atoms with E-state index < -0.39 is 0 Å². The fourth-order valence-electron chi connectivity index (χ4n) is 2.53. The summed E-state index contributed by atoms with van der Waals surface area (Å²) in [7, 11) is 0. The van der Waals surface area contributed by atoms with E-state index in [1.54, 1.807) is 18.2 Å². The molecule has 22 heavy (non-hydrogen) atoms. The second-order valence-electron chi connectivity index (χ2n) is 5.99. The number of rotatable bonds is 5. The molecule has 0 amide bonds. The van der Waals surface area contributed by atoms with Crippen LogP contribution in [0.5, 0.6) is 23.0 Å². The molecule has 1 radical (unpaired) electrons. The summed E-state index contributed by atoms with van der Waals surface area (Å²) in [5.41, 5.74) is 1.90. The number of hydrogen-bond acceptors (Lipinski definition) is 3. The van der Waals surface area contributed by atoms with Gasteiger partial charge in [-0.05, 0) is 60.1 Å². The monoisotopic (exact) mass is 301 g/mol. The molecule has 0 saturated heterocycles. The van der Waals surface area contributed by atoms with Crippen molar-refractivity contribution in [3.8, 4) is 23.0 Å². The highest BCUT2D eigenvalue weighted by Gasteiger charge is 2.15. The minimum atomic E-state index is -0.357. The molecule has 0 spiro atoms. The number of aromatic hydroxyl groups is 3. The molecule has 0 aliphatic heterocycles. The van der Waals surface area contributed by atoms with Crippen molar-refractivity contribution in [3.05, 3.63) is 47.5 Å². The van der Waals surface area contributed by atoms with Crippen LogP contribution in [0.25, 0.3) is 0 Å². The molecule has 4 nitrogen and oxygen atoms in total. The number of hydrogen-bond donors (Lipinski definition) is 3. The van der Waals surface area contributed by atoms with Crippen LogP contribution in [0.3, 0.4) is 0 Å². The molecule has 3 N–H and O–H groups in total.